The van der Waals surface area contributed by atoms with Crippen molar-refractivity contribution in [3.63, 3.8) is 0 Å². The number of piperidine rings is 1. The van der Waals surface area contributed by atoms with E-state index < -0.39 is 0 Å². The van der Waals surface area contributed by atoms with Gasteiger partial charge in [0, 0.05) is 36.0 Å². The van der Waals surface area contributed by atoms with E-state index in [9.17, 15) is 9.18 Å². The Bertz CT molecular complexity index is 388. The fraction of sp³-hybridized carbons (Fsp3) is 0.417. The minimum atomic E-state index is -0.328. The molecule has 1 aromatic rings. The quantitative estimate of drug-likeness (QED) is 0.860. The van der Waals surface area contributed by atoms with E-state index in [1.165, 1.54) is 6.07 Å². The van der Waals surface area contributed by atoms with Gasteiger partial charge in [0.25, 0.3) is 0 Å². The number of Topliss-reactive ketones (excluding diaryl/α,β-unsaturated/α-hetero) is 1. The standard InChI is InChI=1S/C12H13ClFNO/c13-10-2-1-3-11(14)9(10)6-8-7-15-5-4-12(8)16/h1-3,8,15H,4-7H2. The van der Waals surface area contributed by atoms with Crippen molar-refractivity contribution >= 4 is 17.4 Å². The summed E-state index contributed by atoms with van der Waals surface area (Å²) in [6.07, 6.45) is 0.911. The minimum absolute atomic E-state index is 0.150. The number of carbonyl (C=O) groups excluding carboxylic acids is 1. The summed E-state index contributed by atoms with van der Waals surface area (Å²) in [6.45, 7) is 1.34. The second-order valence-corrected chi connectivity index (χ2v) is 4.43. The van der Waals surface area contributed by atoms with Crippen molar-refractivity contribution in [3.8, 4) is 0 Å². The van der Waals surface area contributed by atoms with Gasteiger partial charge in [0.05, 0.1) is 0 Å². The number of rotatable bonds is 2. The lowest BCUT2D eigenvalue weighted by Crippen LogP contribution is -2.38. The maximum Gasteiger partial charge on any atom is 0.138 e. The number of hydrogen-bond donors (Lipinski definition) is 1. The highest BCUT2D eigenvalue weighted by molar-refractivity contribution is 6.31. The van der Waals surface area contributed by atoms with Crippen LogP contribution in [-0.2, 0) is 11.2 Å². The van der Waals surface area contributed by atoms with Gasteiger partial charge in [-0.05, 0) is 18.6 Å². The van der Waals surface area contributed by atoms with Gasteiger partial charge >= 0.3 is 0 Å². The molecule has 0 aromatic heterocycles. The first-order chi connectivity index (χ1) is 7.68. The molecule has 0 amide bonds. The summed E-state index contributed by atoms with van der Waals surface area (Å²) >= 11 is 5.92. The average Bonchev–Trinajstić information content (AvgIpc) is 2.26. The number of halogens is 2. The molecule has 1 aliphatic rings. The number of benzene rings is 1. The molecule has 2 nitrogen and oxygen atoms in total. The third kappa shape index (κ3) is 2.42. The first-order valence-electron chi connectivity index (χ1n) is 5.35. The van der Waals surface area contributed by atoms with E-state index in [2.05, 4.69) is 5.32 Å². The van der Waals surface area contributed by atoms with Gasteiger partial charge in [-0.2, -0.15) is 0 Å². The van der Waals surface area contributed by atoms with E-state index in [4.69, 9.17) is 11.6 Å². The SMILES string of the molecule is O=C1CCNCC1Cc1c(F)cccc1Cl. The van der Waals surface area contributed by atoms with Gasteiger partial charge in [-0.1, -0.05) is 17.7 Å². The molecule has 1 fully saturated rings. The maximum atomic E-state index is 13.5. The van der Waals surface area contributed by atoms with Gasteiger partial charge in [-0.15, -0.1) is 0 Å². The third-order valence-electron chi connectivity index (χ3n) is 2.91. The van der Waals surface area contributed by atoms with Crippen LogP contribution in [-0.4, -0.2) is 18.9 Å². The Morgan fingerprint density at radius 2 is 2.31 bits per heavy atom. The molecule has 1 unspecified atom stereocenters. The number of carbonyl (C=O) groups is 1. The van der Waals surface area contributed by atoms with E-state index >= 15 is 0 Å². The molecule has 16 heavy (non-hydrogen) atoms. The van der Waals surface area contributed by atoms with Crippen LogP contribution in [0.3, 0.4) is 0 Å². The zero-order valence-corrected chi connectivity index (χ0v) is 9.56. The largest absolute Gasteiger partial charge is 0.316 e. The van der Waals surface area contributed by atoms with Crippen molar-refractivity contribution in [3.05, 3.63) is 34.6 Å². The van der Waals surface area contributed by atoms with Gasteiger partial charge in [-0.25, -0.2) is 4.39 Å². The van der Waals surface area contributed by atoms with E-state index in [1.54, 1.807) is 12.1 Å². The lowest BCUT2D eigenvalue weighted by atomic mass is 9.91. The highest BCUT2D eigenvalue weighted by Gasteiger charge is 2.24. The topological polar surface area (TPSA) is 29.1 Å². The smallest absolute Gasteiger partial charge is 0.138 e. The number of hydrogen-bond acceptors (Lipinski definition) is 2. The van der Waals surface area contributed by atoms with E-state index in [1.807, 2.05) is 0 Å². The zero-order chi connectivity index (χ0) is 11.5. The van der Waals surface area contributed by atoms with Crippen molar-refractivity contribution in [1.29, 1.82) is 0 Å². The Morgan fingerprint density at radius 3 is 3.00 bits per heavy atom. The van der Waals surface area contributed by atoms with Crippen molar-refractivity contribution < 1.29 is 9.18 Å². The van der Waals surface area contributed by atoms with Gasteiger partial charge < -0.3 is 5.32 Å². The molecule has 1 atom stereocenters. The molecule has 4 heteroatoms. The summed E-state index contributed by atoms with van der Waals surface area (Å²) in [6, 6.07) is 4.60. The second-order valence-electron chi connectivity index (χ2n) is 4.02. The van der Waals surface area contributed by atoms with Crippen LogP contribution in [0.25, 0.3) is 0 Å². The van der Waals surface area contributed by atoms with Crippen LogP contribution in [0.4, 0.5) is 4.39 Å². The molecular formula is C12H13ClFNO. The Balaban J connectivity index is 2.16. The Kier molecular flexibility index (Phi) is 3.56. The van der Waals surface area contributed by atoms with Crippen LogP contribution in [0.1, 0.15) is 12.0 Å². The van der Waals surface area contributed by atoms with Crippen molar-refractivity contribution in [2.24, 2.45) is 5.92 Å². The number of ketones is 1. The maximum absolute atomic E-state index is 13.5. The summed E-state index contributed by atoms with van der Waals surface area (Å²) in [5.74, 6) is -0.285. The van der Waals surface area contributed by atoms with E-state index in [-0.39, 0.29) is 17.5 Å². The summed E-state index contributed by atoms with van der Waals surface area (Å²) in [5, 5.41) is 3.54. The van der Waals surface area contributed by atoms with Crippen molar-refractivity contribution in [2.45, 2.75) is 12.8 Å². The van der Waals surface area contributed by atoms with E-state index in [0.29, 0.717) is 30.0 Å². The van der Waals surface area contributed by atoms with Gasteiger partial charge in [-0.3, -0.25) is 4.79 Å². The van der Waals surface area contributed by atoms with Crippen LogP contribution in [0.2, 0.25) is 5.02 Å². The first-order valence-corrected chi connectivity index (χ1v) is 5.72. The summed E-state index contributed by atoms with van der Waals surface area (Å²) in [5.41, 5.74) is 0.450. The van der Waals surface area contributed by atoms with Crippen LogP contribution in [0, 0.1) is 11.7 Å². The zero-order valence-electron chi connectivity index (χ0n) is 8.80. The fourth-order valence-corrected chi connectivity index (χ4v) is 2.21. The summed E-state index contributed by atoms with van der Waals surface area (Å²) in [7, 11) is 0. The van der Waals surface area contributed by atoms with Crippen LogP contribution in [0.5, 0.6) is 0 Å². The van der Waals surface area contributed by atoms with Gasteiger partial charge in [0.15, 0.2) is 0 Å². The molecule has 2 rings (SSSR count). The Labute approximate surface area is 98.8 Å². The van der Waals surface area contributed by atoms with Crippen LogP contribution < -0.4 is 5.32 Å². The number of nitrogens with one attached hydrogen (secondary N) is 1. The molecule has 0 saturated carbocycles. The lowest BCUT2D eigenvalue weighted by molar-refractivity contribution is -0.123. The molecular weight excluding hydrogens is 229 g/mol. The predicted molar refractivity (Wildman–Crippen MR) is 61.1 cm³/mol. The summed E-state index contributed by atoms with van der Waals surface area (Å²) < 4.78 is 13.5. The van der Waals surface area contributed by atoms with Crippen molar-refractivity contribution in [2.75, 3.05) is 13.1 Å². The molecule has 86 valence electrons. The molecule has 0 aliphatic carbocycles. The van der Waals surface area contributed by atoms with E-state index in [0.717, 1.165) is 6.54 Å². The molecule has 1 N–H and O–H groups in total. The fourth-order valence-electron chi connectivity index (χ4n) is 1.97. The Hall–Kier alpha value is -0.930. The highest BCUT2D eigenvalue weighted by Crippen LogP contribution is 2.23. The third-order valence-corrected chi connectivity index (χ3v) is 3.26. The minimum Gasteiger partial charge on any atom is -0.316 e. The normalized spacial score (nSPS) is 21.1. The van der Waals surface area contributed by atoms with Gasteiger partial charge in [0.1, 0.15) is 11.6 Å². The molecule has 0 radical (unpaired) electrons. The first kappa shape index (κ1) is 11.6. The molecule has 1 heterocycles. The van der Waals surface area contributed by atoms with Gasteiger partial charge in [0.2, 0.25) is 0 Å². The molecule has 1 saturated heterocycles. The van der Waals surface area contributed by atoms with Crippen LogP contribution >= 0.6 is 11.6 Å². The lowest BCUT2D eigenvalue weighted by Gasteiger charge is -2.22. The molecule has 0 spiro atoms. The Morgan fingerprint density at radius 1 is 1.50 bits per heavy atom. The molecule has 1 aliphatic heterocycles. The summed E-state index contributed by atoms with van der Waals surface area (Å²) in [4.78, 5) is 11.6. The second kappa shape index (κ2) is 4.93. The average molecular weight is 242 g/mol. The molecule has 1 aromatic carbocycles. The predicted octanol–water partition coefficient (Wildman–Crippen LogP) is 2.20. The van der Waals surface area contributed by atoms with Crippen LogP contribution in [0.15, 0.2) is 18.2 Å². The monoisotopic (exact) mass is 241 g/mol. The van der Waals surface area contributed by atoms with Crippen molar-refractivity contribution in [1.82, 2.24) is 5.32 Å². The highest BCUT2D eigenvalue weighted by atomic mass is 35.5. The molecule has 0 bridgehead atoms.